The predicted molar refractivity (Wildman–Crippen MR) is 298 cm³/mol. The van der Waals surface area contributed by atoms with E-state index in [0.29, 0.717) is 19.3 Å². The van der Waals surface area contributed by atoms with Crippen molar-refractivity contribution in [2.45, 2.75) is 335 Å². The first-order valence-corrected chi connectivity index (χ1v) is 30.5. The summed E-state index contributed by atoms with van der Waals surface area (Å²) in [6, 6.07) is 0. The van der Waals surface area contributed by atoms with E-state index >= 15 is 0 Å². The second kappa shape index (κ2) is 58.2. The molecule has 0 aliphatic carbocycles. The maximum atomic E-state index is 12.9. The first-order valence-electron chi connectivity index (χ1n) is 30.5. The van der Waals surface area contributed by atoms with Crippen molar-refractivity contribution in [3.8, 4) is 0 Å². The average molecular weight is 970 g/mol. The highest BCUT2D eigenvalue weighted by molar-refractivity contribution is 5.71. The third-order valence-electron chi connectivity index (χ3n) is 13.6. The predicted octanol–water partition coefficient (Wildman–Crippen LogP) is 20.4. The molecule has 6 heteroatoms. The van der Waals surface area contributed by atoms with Crippen molar-refractivity contribution in [2.75, 3.05) is 13.2 Å². The summed E-state index contributed by atoms with van der Waals surface area (Å²) >= 11 is 0. The molecule has 0 aliphatic heterocycles. The number of hydrogen-bond donors (Lipinski definition) is 0. The zero-order valence-corrected chi connectivity index (χ0v) is 46.3. The van der Waals surface area contributed by atoms with Crippen molar-refractivity contribution in [3.05, 3.63) is 36.5 Å². The molecule has 0 aromatic heterocycles. The van der Waals surface area contributed by atoms with Crippen molar-refractivity contribution in [1.82, 2.24) is 0 Å². The molecule has 1 unspecified atom stereocenters. The number of hydrogen-bond acceptors (Lipinski definition) is 6. The fourth-order valence-corrected chi connectivity index (χ4v) is 9.04. The highest BCUT2D eigenvalue weighted by Gasteiger charge is 2.19. The van der Waals surface area contributed by atoms with Gasteiger partial charge in [-0.25, -0.2) is 0 Å². The van der Waals surface area contributed by atoms with Gasteiger partial charge in [-0.05, 0) is 57.8 Å². The minimum atomic E-state index is -0.774. The molecule has 0 radical (unpaired) electrons. The summed E-state index contributed by atoms with van der Waals surface area (Å²) in [6.45, 7) is 6.66. The fourth-order valence-electron chi connectivity index (χ4n) is 9.04. The van der Waals surface area contributed by atoms with Gasteiger partial charge in [0, 0.05) is 19.3 Å². The van der Waals surface area contributed by atoms with Crippen molar-refractivity contribution in [1.29, 1.82) is 0 Å². The summed E-state index contributed by atoms with van der Waals surface area (Å²) in [5, 5.41) is 0. The van der Waals surface area contributed by atoms with E-state index in [0.717, 1.165) is 77.0 Å². The first kappa shape index (κ1) is 66.6. The maximum Gasteiger partial charge on any atom is 0.306 e. The highest BCUT2D eigenvalue weighted by Crippen LogP contribution is 2.17. The third kappa shape index (κ3) is 56.4. The number of esters is 3. The Bertz CT molecular complexity index is 1160. The van der Waals surface area contributed by atoms with E-state index in [1.807, 2.05) is 0 Å². The third-order valence-corrected chi connectivity index (χ3v) is 13.6. The van der Waals surface area contributed by atoms with Crippen LogP contribution >= 0.6 is 0 Å². The second-order valence-electron chi connectivity index (χ2n) is 20.6. The van der Waals surface area contributed by atoms with Crippen molar-refractivity contribution >= 4 is 17.9 Å². The van der Waals surface area contributed by atoms with Gasteiger partial charge in [0.25, 0.3) is 0 Å². The van der Waals surface area contributed by atoms with Crippen LogP contribution in [0.1, 0.15) is 329 Å². The topological polar surface area (TPSA) is 78.9 Å². The molecule has 0 aliphatic rings. The number of unbranched alkanes of at least 4 members (excludes halogenated alkanes) is 39. The molecule has 0 rings (SSSR count). The van der Waals surface area contributed by atoms with E-state index in [1.165, 1.54) is 212 Å². The minimum absolute atomic E-state index is 0.0711. The van der Waals surface area contributed by atoms with Gasteiger partial charge in [-0.1, -0.05) is 288 Å². The first-order chi connectivity index (χ1) is 34.0. The van der Waals surface area contributed by atoms with Gasteiger partial charge in [-0.2, -0.15) is 0 Å². The molecular weight excluding hydrogens is 853 g/mol. The van der Waals surface area contributed by atoms with E-state index in [-0.39, 0.29) is 31.1 Å². The van der Waals surface area contributed by atoms with Crippen LogP contribution in [-0.4, -0.2) is 37.2 Å². The zero-order valence-electron chi connectivity index (χ0n) is 46.3. The molecule has 6 nitrogen and oxygen atoms in total. The fraction of sp³-hybridized carbons (Fsp3) is 0.857. The van der Waals surface area contributed by atoms with E-state index in [9.17, 15) is 14.4 Å². The van der Waals surface area contributed by atoms with Crippen LogP contribution in [0.2, 0.25) is 0 Å². The Hall–Kier alpha value is -2.37. The molecule has 69 heavy (non-hydrogen) atoms. The normalized spacial score (nSPS) is 12.2. The summed E-state index contributed by atoms with van der Waals surface area (Å²) in [7, 11) is 0. The Morgan fingerprint density at radius 1 is 0.290 bits per heavy atom. The van der Waals surface area contributed by atoms with Gasteiger partial charge in [0.1, 0.15) is 13.2 Å². The average Bonchev–Trinajstić information content (AvgIpc) is 3.35. The van der Waals surface area contributed by atoms with Gasteiger partial charge >= 0.3 is 17.9 Å². The summed E-state index contributed by atoms with van der Waals surface area (Å²) in [5.41, 5.74) is 0. The molecule has 0 bridgehead atoms. The molecule has 0 N–H and O–H groups in total. The molecule has 404 valence electrons. The molecule has 1 atom stereocenters. The number of carbonyl (C=O) groups excluding carboxylic acids is 3. The van der Waals surface area contributed by atoms with Crippen LogP contribution in [0.15, 0.2) is 36.5 Å². The smallest absolute Gasteiger partial charge is 0.306 e. The molecule has 0 amide bonds. The van der Waals surface area contributed by atoms with Gasteiger partial charge < -0.3 is 14.2 Å². The zero-order chi connectivity index (χ0) is 50.0. The minimum Gasteiger partial charge on any atom is -0.462 e. The van der Waals surface area contributed by atoms with Crippen LogP contribution in [-0.2, 0) is 28.6 Å². The number of allylic oxidation sites excluding steroid dienone is 6. The highest BCUT2D eigenvalue weighted by atomic mass is 16.6. The van der Waals surface area contributed by atoms with Crippen molar-refractivity contribution in [3.63, 3.8) is 0 Å². The van der Waals surface area contributed by atoms with E-state index in [2.05, 4.69) is 57.2 Å². The SMILES string of the molecule is CCCCC/C=C\C/C=C\C/C=C\CCCCCCCCC(=O)OCC(COC(=O)CCCCCCCCCCCCCCCCC)OC(=O)CCCCCCCCCCCCCCCCCCC. The van der Waals surface area contributed by atoms with Crippen LogP contribution in [0.3, 0.4) is 0 Å². The summed E-state index contributed by atoms with van der Waals surface area (Å²) < 4.78 is 16.9. The van der Waals surface area contributed by atoms with Crippen molar-refractivity contribution < 1.29 is 28.6 Å². The molecule has 0 heterocycles. The van der Waals surface area contributed by atoms with E-state index in [4.69, 9.17) is 14.2 Å². The van der Waals surface area contributed by atoms with Gasteiger partial charge in [-0.3, -0.25) is 14.4 Å². The Morgan fingerprint density at radius 3 is 0.841 bits per heavy atom. The van der Waals surface area contributed by atoms with Crippen LogP contribution in [0.25, 0.3) is 0 Å². The lowest BCUT2D eigenvalue weighted by atomic mass is 10.0. The molecule has 0 fully saturated rings. The van der Waals surface area contributed by atoms with Gasteiger partial charge in [0.2, 0.25) is 0 Å². The lowest BCUT2D eigenvalue weighted by Crippen LogP contribution is -2.30. The Kier molecular flexibility index (Phi) is 56.2. The second-order valence-corrected chi connectivity index (χ2v) is 20.6. The Balaban J connectivity index is 4.35. The molecule has 0 aromatic carbocycles. The number of carbonyl (C=O) groups is 3. The maximum absolute atomic E-state index is 12.9. The monoisotopic (exact) mass is 969 g/mol. The van der Waals surface area contributed by atoms with Crippen LogP contribution < -0.4 is 0 Å². The quantitative estimate of drug-likeness (QED) is 0.0261. The summed E-state index contributed by atoms with van der Waals surface area (Å²) in [6.07, 6.45) is 69.9. The number of rotatable bonds is 56. The molecule has 0 spiro atoms. The van der Waals surface area contributed by atoms with Gasteiger partial charge in [0.05, 0.1) is 0 Å². The van der Waals surface area contributed by atoms with Crippen molar-refractivity contribution in [2.24, 2.45) is 0 Å². The molecule has 0 saturated heterocycles. The lowest BCUT2D eigenvalue weighted by molar-refractivity contribution is -0.167. The summed E-state index contributed by atoms with van der Waals surface area (Å²) in [4.78, 5) is 38.2. The Labute approximate surface area is 429 Å². The molecular formula is C63H116O6. The van der Waals surface area contributed by atoms with Gasteiger partial charge in [0.15, 0.2) is 6.10 Å². The van der Waals surface area contributed by atoms with Crippen LogP contribution in [0, 0.1) is 0 Å². The lowest BCUT2D eigenvalue weighted by Gasteiger charge is -2.18. The van der Waals surface area contributed by atoms with Crippen LogP contribution in [0.4, 0.5) is 0 Å². The van der Waals surface area contributed by atoms with Gasteiger partial charge in [-0.15, -0.1) is 0 Å². The van der Waals surface area contributed by atoms with E-state index < -0.39 is 6.10 Å². The Morgan fingerprint density at radius 2 is 0.522 bits per heavy atom. The number of ether oxygens (including phenoxy) is 3. The van der Waals surface area contributed by atoms with E-state index in [1.54, 1.807) is 0 Å². The largest absolute Gasteiger partial charge is 0.462 e. The standard InChI is InChI=1S/C63H116O6/c1-4-7-10-13-16-19-22-25-28-30-31-33-35-38-41-44-47-50-53-56-62(65)68-59-60(58-67-61(64)55-52-49-46-43-40-37-34-27-24-21-18-15-12-9-6-3)69-63(66)57-54-51-48-45-42-39-36-32-29-26-23-20-17-14-11-8-5-2/h16,19,25,28,31,33,60H,4-15,17-18,20-24,26-27,29-30,32,34-59H2,1-3H3/b19-16-,28-25-,33-31-. The molecule has 0 aromatic rings. The summed E-state index contributed by atoms with van der Waals surface area (Å²) in [5.74, 6) is -0.861. The van der Waals surface area contributed by atoms with Crippen LogP contribution in [0.5, 0.6) is 0 Å². The molecule has 0 saturated carbocycles.